The monoisotopic (exact) mass is 252 g/mol. The molecule has 0 spiro atoms. The molecule has 2 rings (SSSR count). The SMILES string of the molecule is CCCNC(c1cnns1)c1ccncc1F. The highest BCUT2D eigenvalue weighted by Gasteiger charge is 2.19. The molecule has 0 aliphatic carbocycles. The van der Waals surface area contributed by atoms with Gasteiger partial charge in [0.15, 0.2) is 0 Å². The summed E-state index contributed by atoms with van der Waals surface area (Å²) in [7, 11) is 0. The normalized spacial score (nSPS) is 12.6. The van der Waals surface area contributed by atoms with E-state index in [0.717, 1.165) is 17.8 Å². The Morgan fingerprint density at radius 3 is 3.00 bits per heavy atom. The third-order valence-corrected chi connectivity index (χ3v) is 3.10. The minimum absolute atomic E-state index is 0.196. The summed E-state index contributed by atoms with van der Waals surface area (Å²) in [5, 5.41) is 7.09. The molecule has 0 aliphatic heterocycles. The Kier molecular flexibility index (Phi) is 4.11. The van der Waals surface area contributed by atoms with Crippen molar-refractivity contribution in [1.29, 1.82) is 0 Å². The average molecular weight is 252 g/mol. The van der Waals surface area contributed by atoms with Gasteiger partial charge in [0.25, 0.3) is 0 Å². The Morgan fingerprint density at radius 2 is 2.35 bits per heavy atom. The van der Waals surface area contributed by atoms with Crippen LogP contribution in [0.5, 0.6) is 0 Å². The lowest BCUT2D eigenvalue weighted by molar-refractivity contribution is 0.547. The first kappa shape index (κ1) is 12.1. The van der Waals surface area contributed by atoms with E-state index in [1.54, 1.807) is 18.5 Å². The van der Waals surface area contributed by atoms with E-state index < -0.39 is 0 Å². The van der Waals surface area contributed by atoms with Crippen LogP contribution in [0.3, 0.4) is 0 Å². The number of aromatic nitrogens is 3. The zero-order chi connectivity index (χ0) is 12.1. The zero-order valence-electron chi connectivity index (χ0n) is 9.43. The van der Waals surface area contributed by atoms with Gasteiger partial charge in [-0.2, -0.15) is 0 Å². The number of nitrogens with zero attached hydrogens (tertiary/aromatic N) is 3. The van der Waals surface area contributed by atoms with E-state index in [-0.39, 0.29) is 11.9 Å². The highest BCUT2D eigenvalue weighted by molar-refractivity contribution is 7.05. The van der Waals surface area contributed by atoms with Gasteiger partial charge in [-0.25, -0.2) is 4.39 Å². The van der Waals surface area contributed by atoms with Crippen LogP contribution in [0.25, 0.3) is 0 Å². The highest BCUT2D eigenvalue weighted by atomic mass is 32.1. The first-order valence-corrected chi connectivity index (χ1v) is 6.20. The van der Waals surface area contributed by atoms with Crippen LogP contribution in [-0.2, 0) is 0 Å². The van der Waals surface area contributed by atoms with E-state index in [9.17, 15) is 4.39 Å². The van der Waals surface area contributed by atoms with Crippen LogP contribution in [0.2, 0.25) is 0 Å². The number of halogens is 1. The van der Waals surface area contributed by atoms with Crippen LogP contribution in [-0.4, -0.2) is 21.1 Å². The quantitative estimate of drug-likeness (QED) is 0.886. The summed E-state index contributed by atoms with van der Waals surface area (Å²) in [6, 6.07) is 1.49. The summed E-state index contributed by atoms with van der Waals surface area (Å²) in [5.41, 5.74) is 0.583. The molecule has 0 fully saturated rings. The molecule has 0 bridgehead atoms. The number of hydrogen-bond donors (Lipinski definition) is 1. The lowest BCUT2D eigenvalue weighted by atomic mass is 10.1. The van der Waals surface area contributed by atoms with Crippen LogP contribution in [0.4, 0.5) is 4.39 Å². The van der Waals surface area contributed by atoms with Gasteiger partial charge in [0.2, 0.25) is 0 Å². The maximum absolute atomic E-state index is 13.7. The number of nitrogens with one attached hydrogen (secondary N) is 1. The second kappa shape index (κ2) is 5.79. The summed E-state index contributed by atoms with van der Waals surface area (Å²) in [5.74, 6) is -0.311. The first-order chi connectivity index (χ1) is 8.33. The largest absolute Gasteiger partial charge is 0.305 e. The van der Waals surface area contributed by atoms with Crippen LogP contribution >= 0.6 is 11.5 Å². The predicted octanol–water partition coefficient (Wildman–Crippen LogP) is 2.16. The van der Waals surface area contributed by atoms with Crippen molar-refractivity contribution in [2.24, 2.45) is 0 Å². The van der Waals surface area contributed by atoms with Crippen molar-refractivity contribution in [3.63, 3.8) is 0 Å². The van der Waals surface area contributed by atoms with Gasteiger partial charge in [0.1, 0.15) is 5.82 Å². The van der Waals surface area contributed by atoms with Gasteiger partial charge in [-0.1, -0.05) is 11.4 Å². The third-order valence-electron chi connectivity index (χ3n) is 2.38. The van der Waals surface area contributed by atoms with Gasteiger partial charge >= 0.3 is 0 Å². The van der Waals surface area contributed by atoms with Gasteiger partial charge in [-0.3, -0.25) is 4.98 Å². The Morgan fingerprint density at radius 1 is 1.47 bits per heavy atom. The summed E-state index contributed by atoms with van der Waals surface area (Å²) in [6.45, 7) is 2.88. The van der Waals surface area contributed by atoms with Crippen molar-refractivity contribution in [2.45, 2.75) is 19.4 Å². The third kappa shape index (κ3) is 2.83. The molecule has 6 heteroatoms. The van der Waals surface area contributed by atoms with E-state index >= 15 is 0 Å². The van der Waals surface area contributed by atoms with Gasteiger partial charge in [0, 0.05) is 11.8 Å². The Bertz CT molecular complexity index is 460. The molecule has 0 saturated carbocycles. The standard InChI is InChI=1S/C11H13FN4S/c1-2-4-14-11(10-7-15-16-17-10)8-3-5-13-6-9(8)12/h3,5-7,11,14H,2,4H2,1H3. The molecule has 4 nitrogen and oxygen atoms in total. The molecule has 2 aromatic rings. The summed E-state index contributed by atoms with van der Waals surface area (Å²) < 4.78 is 17.5. The van der Waals surface area contributed by atoms with Gasteiger partial charge in [-0.15, -0.1) is 5.10 Å². The summed E-state index contributed by atoms with van der Waals surface area (Å²) in [4.78, 5) is 4.66. The van der Waals surface area contributed by atoms with Crippen LogP contribution in [0.1, 0.15) is 29.8 Å². The molecule has 1 atom stereocenters. The summed E-state index contributed by atoms with van der Waals surface area (Å²) in [6.07, 6.45) is 5.46. The summed E-state index contributed by atoms with van der Waals surface area (Å²) >= 11 is 1.27. The van der Waals surface area contributed by atoms with Crippen molar-refractivity contribution in [1.82, 2.24) is 19.9 Å². The first-order valence-electron chi connectivity index (χ1n) is 5.43. The predicted molar refractivity (Wildman–Crippen MR) is 64.2 cm³/mol. The fourth-order valence-corrected chi connectivity index (χ4v) is 2.17. The Balaban J connectivity index is 2.30. The molecule has 1 N–H and O–H groups in total. The fourth-order valence-electron chi connectivity index (χ4n) is 1.57. The van der Waals surface area contributed by atoms with E-state index in [4.69, 9.17) is 0 Å². The molecule has 1 unspecified atom stereocenters. The molecule has 0 radical (unpaired) electrons. The second-order valence-corrected chi connectivity index (χ2v) is 4.42. The topological polar surface area (TPSA) is 50.7 Å². The molecular formula is C11H13FN4S. The van der Waals surface area contributed by atoms with E-state index in [0.29, 0.717) is 5.56 Å². The molecule has 0 aliphatic rings. The van der Waals surface area contributed by atoms with Gasteiger partial charge < -0.3 is 5.32 Å². The molecule has 0 aromatic carbocycles. The number of pyridine rings is 1. The van der Waals surface area contributed by atoms with Crippen LogP contribution in [0.15, 0.2) is 24.7 Å². The minimum atomic E-state index is -0.311. The van der Waals surface area contributed by atoms with Gasteiger partial charge in [0.05, 0.1) is 23.3 Å². The van der Waals surface area contributed by atoms with Crippen LogP contribution in [0, 0.1) is 5.82 Å². The van der Waals surface area contributed by atoms with Crippen molar-refractivity contribution >= 4 is 11.5 Å². The van der Waals surface area contributed by atoms with Crippen molar-refractivity contribution in [3.8, 4) is 0 Å². The van der Waals surface area contributed by atoms with E-state index in [1.165, 1.54) is 17.7 Å². The number of rotatable bonds is 5. The van der Waals surface area contributed by atoms with E-state index in [2.05, 4.69) is 26.8 Å². The molecule has 90 valence electrons. The molecule has 0 amide bonds. The number of hydrogen-bond acceptors (Lipinski definition) is 5. The lowest BCUT2D eigenvalue weighted by Crippen LogP contribution is -2.23. The highest BCUT2D eigenvalue weighted by Crippen LogP contribution is 2.25. The zero-order valence-corrected chi connectivity index (χ0v) is 10.2. The Hall–Kier alpha value is -1.40. The molecule has 2 heterocycles. The second-order valence-electron chi connectivity index (χ2n) is 3.60. The Labute approximate surface area is 103 Å². The molecular weight excluding hydrogens is 239 g/mol. The van der Waals surface area contributed by atoms with Crippen molar-refractivity contribution in [2.75, 3.05) is 6.54 Å². The van der Waals surface area contributed by atoms with Crippen LogP contribution < -0.4 is 5.32 Å². The average Bonchev–Trinajstić information content (AvgIpc) is 2.85. The maximum Gasteiger partial charge on any atom is 0.146 e. The fraction of sp³-hybridized carbons (Fsp3) is 0.364. The smallest absolute Gasteiger partial charge is 0.146 e. The van der Waals surface area contributed by atoms with Crippen molar-refractivity contribution in [3.05, 3.63) is 40.9 Å². The molecule has 2 aromatic heterocycles. The molecule has 0 saturated heterocycles. The minimum Gasteiger partial charge on any atom is -0.305 e. The van der Waals surface area contributed by atoms with Gasteiger partial charge in [-0.05, 0) is 30.6 Å². The lowest BCUT2D eigenvalue weighted by Gasteiger charge is -2.16. The van der Waals surface area contributed by atoms with E-state index in [1.807, 2.05) is 0 Å². The maximum atomic E-state index is 13.7. The molecule has 17 heavy (non-hydrogen) atoms. The van der Waals surface area contributed by atoms with Crippen molar-refractivity contribution < 1.29 is 4.39 Å².